The molecule has 2 N–H and O–H groups in total. The van der Waals surface area contributed by atoms with Gasteiger partial charge >= 0.3 is 0 Å². The zero-order valence-electron chi connectivity index (χ0n) is 17.9. The second kappa shape index (κ2) is 9.34. The van der Waals surface area contributed by atoms with E-state index in [1.807, 2.05) is 0 Å². The molecule has 1 atom stereocenters. The lowest BCUT2D eigenvalue weighted by molar-refractivity contribution is -0.123. The van der Waals surface area contributed by atoms with Gasteiger partial charge in [0.05, 0.1) is 17.1 Å². The van der Waals surface area contributed by atoms with Crippen LogP contribution in [-0.2, 0) is 19.6 Å². The summed E-state index contributed by atoms with van der Waals surface area (Å²) in [7, 11) is -2.50. The van der Waals surface area contributed by atoms with Crippen LogP contribution in [0.25, 0.3) is 0 Å². The van der Waals surface area contributed by atoms with Crippen LogP contribution in [0.2, 0.25) is 0 Å². The number of rotatable bonds is 5. The summed E-state index contributed by atoms with van der Waals surface area (Å²) in [5.41, 5.74) is 0.915. The minimum atomic E-state index is -3.90. The summed E-state index contributed by atoms with van der Waals surface area (Å²) >= 11 is 0. The molecule has 9 heteroatoms. The molecule has 166 valence electrons. The Morgan fingerprint density at radius 2 is 1.83 bits per heavy atom. The maximum Gasteiger partial charge on any atom is 0.265 e. The average Bonchev–Trinajstić information content (AvgIpc) is 2.64. The van der Waals surface area contributed by atoms with Crippen molar-refractivity contribution in [3.63, 3.8) is 0 Å². The SMILES string of the molecule is Cc1cc2c(cc1S(=O)(=O)N(C)CC(=O)NC1CCCCCCC1)O[C@@H](C)C(=O)N2. The topological polar surface area (TPSA) is 105 Å². The van der Waals surface area contributed by atoms with Gasteiger partial charge in [-0.25, -0.2) is 8.42 Å². The summed E-state index contributed by atoms with van der Waals surface area (Å²) in [4.78, 5) is 24.3. The number of aryl methyl sites for hydroxylation is 1. The van der Waals surface area contributed by atoms with Gasteiger partial charge in [-0.2, -0.15) is 4.31 Å². The van der Waals surface area contributed by atoms with E-state index in [1.165, 1.54) is 32.4 Å². The number of carbonyl (C=O) groups is 2. The Bertz CT molecular complexity index is 907. The number of sulfonamides is 1. The van der Waals surface area contributed by atoms with Crippen molar-refractivity contribution in [2.24, 2.45) is 0 Å². The summed E-state index contributed by atoms with van der Waals surface area (Å²) in [5.74, 6) is -0.265. The largest absolute Gasteiger partial charge is 0.479 e. The Morgan fingerprint density at radius 1 is 1.20 bits per heavy atom. The third kappa shape index (κ3) is 5.13. The molecule has 30 heavy (non-hydrogen) atoms. The molecule has 0 unspecified atom stereocenters. The number of hydrogen-bond acceptors (Lipinski definition) is 5. The maximum atomic E-state index is 13.1. The van der Waals surface area contributed by atoms with E-state index in [9.17, 15) is 18.0 Å². The highest BCUT2D eigenvalue weighted by Crippen LogP contribution is 2.35. The molecule has 0 aromatic heterocycles. The molecule has 1 aromatic carbocycles. The number of nitrogens with one attached hydrogen (secondary N) is 2. The van der Waals surface area contributed by atoms with Crippen molar-refractivity contribution in [2.75, 3.05) is 18.9 Å². The number of carbonyl (C=O) groups excluding carboxylic acids is 2. The third-order valence-electron chi connectivity index (χ3n) is 5.73. The summed E-state index contributed by atoms with van der Waals surface area (Å²) in [6.45, 7) is 3.00. The molecule has 2 amide bonds. The molecular formula is C21H31N3O5S. The molecule has 0 spiro atoms. The lowest BCUT2D eigenvalue weighted by atomic mass is 9.97. The van der Waals surface area contributed by atoms with Crippen LogP contribution in [0, 0.1) is 6.92 Å². The Labute approximate surface area is 178 Å². The fourth-order valence-electron chi connectivity index (χ4n) is 3.95. The van der Waals surface area contributed by atoms with Gasteiger partial charge < -0.3 is 15.4 Å². The standard InChI is InChI=1S/C21H31N3O5S/c1-14-11-17-18(29-15(2)21(26)23-17)12-19(14)30(27,28)24(3)13-20(25)22-16-9-7-5-4-6-8-10-16/h11-12,15-16H,4-10,13H2,1-3H3,(H,22,25)(H,23,26)/t15-/m0/s1. The number of nitrogens with zero attached hydrogens (tertiary/aromatic N) is 1. The van der Waals surface area contributed by atoms with Crippen LogP contribution in [-0.4, -0.2) is 50.3 Å². The first-order valence-electron chi connectivity index (χ1n) is 10.6. The number of fused-ring (bicyclic) bond motifs is 1. The van der Waals surface area contributed by atoms with Crippen molar-refractivity contribution in [1.29, 1.82) is 0 Å². The van der Waals surface area contributed by atoms with Crippen LogP contribution in [0.4, 0.5) is 5.69 Å². The van der Waals surface area contributed by atoms with Crippen LogP contribution in [0.15, 0.2) is 17.0 Å². The van der Waals surface area contributed by atoms with Crippen molar-refractivity contribution in [2.45, 2.75) is 75.8 Å². The number of anilines is 1. The molecule has 8 nitrogen and oxygen atoms in total. The van der Waals surface area contributed by atoms with Crippen LogP contribution < -0.4 is 15.4 Å². The average molecular weight is 438 g/mol. The lowest BCUT2D eigenvalue weighted by Gasteiger charge is -2.26. The predicted octanol–water partition coefficient (Wildman–Crippen LogP) is 2.56. The van der Waals surface area contributed by atoms with Crippen molar-refractivity contribution < 1.29 is 22.7 Å². The van der Waals surface area contributed by atoms with E-state index in [0.29, 0.717) is 17.0 Å². The van der Waals surface area contributed by atoms with Gasteiger partial charge in [0.15, 0.2) is 6.10 Å². The molecule has 0 bridgehead atoms. The van der Waals surface area contributed by atoms with Gasteiger partial charge in [-0.1, -0.05) is 32.1 Å². The summed E-state index contributed by atoms with van der Waals surface area (Å²) in [5, 5.41) is 5.71. The lowest BCUT2D eigenvalue weighted by Crippen LogP contribution is -2.43. The van der Waals surface area contributed by atoms with Crippen molar-refractivity contribution in [3.8, 4) is 5.75 Å². The van der Waals surface area contributed by atoms with Gasteiger partial charge in [-0.3, -0.25) is 9.59 Å². The zero-order valence-corrected chi connectivity index (χ0v) is 18.7. The van der Waals surface area contributed by atoms with E-state index in [1.54, 1.807) is 19.9 Å². The number of amides is 2. The van der Waals surface area contributed by atoms with Crippen molar-refractivity contribution in [3.05, 3.63) is 17.7 Å². The van der Waals surface area contributed by atoms with Gasteiger partial charge in [0.2, 0.25) is 15.9 Å². The zero-order chi connectivity index (χ0) is 21.9. The van der Waals surface area contributed by atoms with E-state index in [4.69, 9.17) is 4.74 Å². The summed E-state index contributed by atoms with van der Waals surface area (Å²) in [6.07, 6.45) is 6.95. The first-order chi connectivity index (χ1) is 14.2. The van der Waals surface area contributed by atoms with Crippen LogP contribution in [0.1, 0.15) is 57.4 Å². The molecule has 1 aromatic rings. The van der Waals surface area contributed by atoms with Crippen LogP contribution >= 0.6 is 0 Å². The second-order valence-electron chi connectivity index (χ2n) is 8.23. The molecule has 1 fully saturated rings. The smallest absolute Gasteiger partial charge is 0.265 e. The molecule has 1 aliphatic carbocycles. The number of hydrogen-bond donors (Lipinski definition) is 2. The highest BCUT2D eigenvalue weighted by atomic mass is 32.2. The van der Waals surface area contributed by atoms with E-state index in [-0.39, 0.29) is 29.3 Å². The Kier molecular flexibility index (Phi) is 7.02. The minimum absolute atomic E-state index is 0.0610. The fraction of sp³-hybridized carbons (Fsp3) is 0.619. The first kappa shape index (κ1) is 22.6. The number of benzene rings is 1. The third-order valence-corrected chi connectivity index (χ3v) is 7.68. The molecule has 2 aliphatic rings. The van der Waals surface area contributed by atoms with Crippen molar-refractivity contribution >= 4 is 27.5 Å². The van der Waals surface area contributed by atoms with Gasteiger partial charge in [-0.05, 0) is 38.3 Å². The molecule has 3 rings (SSSR count). The quantitative estimate of drug-likeness (QED) is 0.737. The monoisotopic (exact) mass is 437 g/mol. The fourth-order valence-corrected chi connectivity index (χ4v) is 5.29. The van der Waals surface area contributed by atoms with Gasteiger partial charge in [-0.15, -0.1) is 0 Å². The first-order valence-corrected chi connectivity index (χ1v) is 12.0. The van der Waals surface area contributed by atoms with E-state index >= 15 is 0 Å². The maximum absolute atomic E-state index is 13.1. The highest BCUT2D eigenvalue weighted by molar-refractivity contribution is 7.89. The van der Waals surface area contributed by atoms with E-state index < -0.39 is 16.1 Å². The Balaban J connectivity index is 1.71. The van der Waals surface area contributed by atoms with Crippen LogP contribution in [0.3, 0.4) is 0 Å². The molecule has 1 saturated carbocycles. The highest BCUT2D eigenvalue weighted by Gasteiger charge is 2.30. The molecule has 0 radical (unpaired) electrons. The summed E-state index contributed by atoms with van der Waals surface area (Å²) in [6, 6.07) is 3.10. The Hall–Kier alpha value is -2.13. The molecule has 1 aliphatic heterocycles. The predicted molar refractivity (Wildman–Crippen MR) is 114 cm³/mol. The number of likely N-dealkylation sites (N-methyl/N-ethyl adjacent to an activating group) is 1. The summed E-state index contributed by atoms with van der Waals surface area (Å²) < 4.78 is 32.8. The van der Waals surface area contributed by atoms with Gasteiger partial charge in [0.1, 0.15) is 5.75 Å². The minimum Gasteiger partial charge on any atom is -0.479 e. The second-order valence-corrected chi connectivity index (χ2v) is 10.2. The van der Waals surface area contributed by atoms with Gasteiger partial charge in [0, 0.05) is 19.2 Å². The van der Waals surface area contributed by atoms with E-state index in [2.05, 4.69) is 10.6 Å². The van der Waals surface area contributed by atoms with Gasteiger partial charge in [0.25, 0.3) is 5.91 Å². The van der Waals surface area contributed by atoms with Crippen molar-refractivity contribution in [1.82, 2.24) is 9.62 Å². The number of ether oxygens (including phenoxy) is 1. The normalized spacial score (nSPS) is 20.5. The van der Waals surface area contributed by atoms with E-state index in [0.717, 1.165) is 30.0 Å². The molecule has 0 saturated heterocycles. The Morgan fingerprint density at radius 3 is 2.50 bits per heavy atom. The van der Waals surface area contributed by atoms with Crippen LogP contribution in [0.5, 0.6) is 5.75 Å². The molecular weight excluding hydrogens is 406 g/mol. The molecule has 1 heterocycles.